The summed E-state index contributed by atoms with van der Waals surface area (Å²) in [6.45, 7) is 0. The zero-order valence-corrected chi connectivity index (χ0v) is 11.0. The van der Waals surface area contributed by atoms with Crippen LogP contribution in [0.2, 0.25) is 5.02 Å². The van der Waals surface area contributed by atoms with Crippen LogP contribution in [0.5, 0.6) is 0 Å². The molecule has 0 atom stereocenters. The van der Waals surface area contributed by atoms with Crippen LogP contribution in [0.3, 0.4) is 0 Å². The number of hydrogen-bond donors (Lipinski definition) is 3. The first-order chi connectivity index (χ1) is 8.89. The van der Waals surface area contributed by atoms with E-state index >= 15 is 0 Å². The molecule has 2 rings (SSSR count). The Kier molecular flexibility index (Phi) is 3.78. The molecular formula is C13H15ClN2O3. The lowest BCUT2D eigenvalue weighted by molar-refractivity contribution is -0.118. The first kappa shape index (κ1) is 13.8. The summed E-state index contributed by atoms with van der Waals surface area (Å²) in [7, 11) is 0. The molecule has 1 fully saturated rings. The number of aromatic carboxylic acids is 1. The molecule has 0 aliphatic heterocycles. The number of rotatable bonds is 4. The van der Waals surface area contributed by atoms with Crippen LogP contribution in [0.1, 0.15) is 36.0 Å². The minimum Gasteiger partial charge on any atom is -0.478 e. The number of anilines is 1. The van der Waals surface area contributed by atoms with Gasteiger partial charge in [-0.1, -0.05) is 11.6 Å². The molecule has 1 saturated carbocycles. The SMILES string of the molecule is NC1(CC(=O)Nc2ccc(Cl)c(C(=O)O)c2)CCC1. The van der Waals surface area contributed by atoms with Crippen LogP contribution >= 0.6 is 11.6 Å². The molecule has 0 radical (unpaired) electrons. The minimum atomic E-state index is -1.13. The van der Waals surface area contributed by atoms with Crippen molar-refractivity contribution in [3.63, 3.8) is 0 Å². The van der Waals surface area contributed by atoms with Gasteiger partial charge >= 0.3 is 5.97 Å². The van der Waals surface area contributed by atoms with Crippen LogP contribution in [0.15, 0.2) is 18.2 Å². The maximum Gasteiger partial charge on any atom is 0.337 e. The summed E-state index contributed by atoms with van der Waals surface area (Å²) in [5, 5.41) is 11.7. The van der Waals surface area contributed by atoms with Gasteiger partial charge in [0.1, 0.15) is 0 Å². The molecule has 5 nitrogen and oxygen atoms in total. The van der Waals surface area contributed by atoms with Crippen molar-refractivity contribution < 1.29 is 14.7 Å². The highest BCUT2D eigenvalue weighted by Crippen LogP contribution is 2.32. The molecule has 1 aliphatic carbocycles. The fourth-order valence-electron chi connectivity index (χ4n) is 2.10. The Morgan fingerprint density at radius 3 is 2.63 bits per heavy atom. The van der Waals surface area contributed by atoms with E-state index in [0.717, 1.165) is 19.3 Å². The molecule has 1 aliphatic rings. The van der Waals surface area contributed by atoms with Crippen molar-refractivity contribution in [1.82, 2.24) is 0 Å². The fourth-order valence-corrected chi connectivity index (χ4v) is 2.30. The third-order valence-corrected chi connectivity index (χ3v) is 3.67. The average Bonchev–Trinajstić information content (AvgIpc) is 2.29. The first-order valence-electron chi connectivity index (χ1n) is 6.01. The highest BCUT2D eigenvalue weighted by Gasteiger charge is 2.34. The Balaban J connectivity index is 2.04. The zero-order chi connectivity index (χ0) is 14.0. The Bertz CT molecular complexity index is 527. The van der Waals surface area contributed by atoms with Crippen LogP contribution in [-0.2, 0) is 4.79 Å². The van der Waals surface area contributed by atoms with E-state index in [0.29, 0.717) is 5.69 Å². The van der Waals surface area contributed by atoms with Crippen molar-refractivity contribution >= 4 is 29.2 Å². The Morgan fingerprint density at radius 1 is 1.42 bits per heavy atom. The van der Waals surface area contributed by atoms with Gasteiger partial charge in [-0.05, 0) is 37.5 Å². The third-order valence-electron chi connectivity index (χ3n) is 3.34. The van der Waals surface area contributed by atoms with E-state index in [9.17, 15) is 9.59 Å². The average molecular weight is 283 g/mol. The third kappa shape index (κ3) is 3.24. The number of benzene rings is 1. The van der Waals surface area contributed by atoms with Crippen LogP contribution in [0.4, 0.5) is 5.69 Å². The molecule has 1 amide bonds. The lowest BCUT2D eigenvalue weighted by atomic mass is 9.75. The number of carbonyl (C=O) groups is 2. The summed E-state index contributed by atoms with van der Waals surface area (Å²) >= 11 is 5.75. The Morgan fingerprint density at radius 2 is 2.11 bits per heavy atom. The van der Waals surface area contributed by atoms with Gasteiger partial charge in [-0.2, -0.15) is 0 Å². The lowest BCUT2D eigenvalue weighted by Gasteiger charge is -2.37. The summed E-state index contributed by atoms with van der Waals surface area (Å²) in [5.41, 5.74) is 5.96. The van der Waals surface area contributed by atoms with Gasteiger partial charge in [0.25, 0.3) is 0 Å². The normalized spacial score (nSPS) is 16.5. The largest absolute Gasteiger partial charge is 0.478 e. The topological polar surface area (TPSA) is 92.4 Å². The van der Waals surface area contributed by atoms with Gasteiger partial charge in [-0.3, -0.25) is 4.79 Å². The van der Waals surface area contributed by atoms with Gasteiger partial charge in [0.2, 0.25) is 5.91 Å². The molecule has 0 saturated heterocycles. The summed E-state index contributed by atoms with van der Waals surface area (Å²) in [5.74, 6) is -1.34. The number of hydrogen-bond acceptors (Lipinski definition) is 3. The Hall–Kier alpha value is -1.59. The van der Waals surface area contributed by atoms with Crippen LogP contribution in [0.25, 0.3) is 0 Å². The van der Waals surface area contributed by atoms with Crippen molar-refractivity contribution in [3.8, 4) is 0 Å². The monoisotopic (exact) mass is 282 g/mol. The minimum absolute atomic E-state index is 0.0365. The lowest BCUT2D eigenvalue weighted by Crippen LogP contribution is -2.48. The molecule has 4 N–H and O–H groups in total. The molecular weight excluding hydrogens is 268 g/mol. The second kappa shape index (κ2) is 5.19. The van der Waals surface area contributed by atoms with E-state index in [-0.39, 0.29) is 22.9 Å². The van der Waals surface area contributed by atoms with Gasteiger partial charge in [0.15, 0.2) is 0 Å². The number of carbonyl (C=O) groups excluding carboxylic acids is 1. The summed E-state index contributed by atoms with van der Waals surface area (Å²) in [6, 6.07) is 4.35. The highest BCUT2D eigenvalue weighted by molar-refractivity contribution is 6.33. The number of nitrogens with two attached hydrogens (primary N) is 1. The number of amides is 1. The smallest absolute Gasteiger partial charge is 0.337 e. The van der Waals surface area contributed by atoms with E-state index in [4.69, 9.17) is 22.4 Å². The van der Waals surface area contributed by atoms with Crippen molar-refractivity contribution in [3.05, 3.63) is 28.8 Å². The van der Waals surface area contributed by atoms with Crippen LogP contribution < -0.4 is 11.1 Å². The molecule has 1 aromatic carbocycles. The number of carboxylic acid groups (broad SMARTS) is 1. The van der Waals surface area contributed by atoms with Crippen molar-refractivity contribution in [1.29, 1.82) is 0 Å². The second-order valence-corrected chi connectivity index (χ2v) is 5.35. The number of carboxylic acids is 1. The van der Waals surface area contributed by atoms with Gasteiger partial charge in [0.05, 0.1) is 10.6 Å². The fraction of sp³-hybridized carbons (Fsp3) is 0.385. The predicted octanol–water partition coefficient (Wildman–Crippen LogP) is 2.25. The summed E-state index contributed by atoms with van der Waals surface area (Å²) < 4.78 is 0. The molecule has 0 unspecified atom stereocenters. The number of nitrogens with one attached hydrogen (secondary N) is 1. The summed E-state index contributed by atoms with van der Waals surface area (Å²) in [4.78, 5) is 22.7. The molecule has 0 spiro atoms. The van der Waals surface area contributed by atoms with E-state index in [1.54, 1.807) is 6.07 Å². The maximum atomic E-state index is 11.8. The molecule has 102 valence electrons. The molecule has 0 heterocycles. The standard InChI is InChI=1S/C13H15ClN2O3/c14-10-3-2-8(6-9(10)12(18)19)16-11(17)7-13(15)4-1-5-13/h2-3,6H,1,4-5,7,15H2,(H,16,17)(H,18,19). The molecule has 0 aromatic heterocycles. The second-order valence-electron chi connectivity index (χ2n) is 4.94. The van der Waals surface area contributed by atoms with Gasteiger partial charge < -0.3 is 16.2 Å². The molecule has 1 aromatic rings. The van der Waals surface area contributed by atoms with E-state index in [2.05, 4.69) is 5.32 Å². The maximum absolute atomic E-state index is 11.8. The van der Waals surface area contributed by atoms with Crippen molar-refractivity contribution in [2.75, 3.05) is 5.32 Å². The zero-order valence-electron chi connectivity index (χ0n) is 10.3. The predicted molar refractivity (Wildman–Crippen MR) is 72.4 cm³/mol. The van der Waals surface area contributed by atoms with E-state index in [1.165, 1.54) is 12.1 Å². The van der Waals surface area contributed by atoms with Crippen molar-refractivity contribution in [2.24, 2.45) is 5.73 Å². The highest BCUT2D eigenvalue weighted by atomic mass is 35.5. The van der Waals surface area contributed by atoms with Gasteiger partial charge in [-0.15, -0.1) is 0 Å². The molecule has 6 heteroatoms. The van der Waals surface area contributed by atoms with E-state index in [1.807, 2.05) is 0 Å². The van der Waals surface area contributed by atoms with Crippen molar-refractivity contribution in [2.45, 2.75) is 31.2 Å². The quantitative estimate of drug-likeness (QED) is 0.790. The Labute approximate surface area is 115 Å². The van der Waals surface area contributed by atoms with Crippen LogP contribution in [0, 0.1) is 0 Å². The van der Waals surface area contributed by atoms with Crippen LogP contribution in [-0.4, -0.2) is 22.5 Å². The summed E-state index contributed by atoms with van der Waals surface area (Å²) in [6.07, 6.45) is 2.99. The number of halogens is 1. The first-order valence-corrected chi connectivity index (χ1v) is 6.39. The van der Waals surface area contributed by atoms with E-state index < -0.39 is 11.5 Å². The molecule has 0 bridgehead atoms. The van der Waals surface area contributed by atoms with Gasteiger partial charge in [-0.25, -0.2) is 4.79 Å². The van der Waals surface area contributed by atoms with Gasteiger partial charge in [0, 0.05) is 17.6 Å². The molecule has 19 heavy (non-hydrogen) atoms.